The van der Waals surface area contributed by atoms with E-state index < -0.39 is 21.3 Å². The summed E-state index contributed by atoms with van der Waals surface area (Å²) in [6.45, 7) is 0. The first-order chi connectivity index (χ1) is 11.7. The molecule has 2 heterocycles. The minimum absolute atomic E-state index is 0.278. The zero-order chi connectivity index (χ0) is 18.4. The zero-order valence-corrected chi connectivity index (χ0v) is 14.6. The van der Waals surface area contributed by atoms with Crippen molar-refractivity contribution in [3.63, 3.8) is 0 Å². The molecule has 3 N–H and O–H groups in total. The predicted octanol–water partition coefficient (Wildman–Crippen LogP) is 2.88. The third-order valence-corrected chi connectivity index (χ3v) is 5.23. The molecule has 7 nitrogen and oxygen atoms in total. The monoisotopic (exact) mass is 379 g/mol. The molecule has 9 heteroatoms. The van der Waals surface area contributed by atoms with Crippen LogP contribution in [-0.2, 0) is 9.84 Å². The van der Waals surface area contributed by atoms with Gasteiger partial charge in [0.15, 0.2) is 9.84 Å². The SMILES string of the molecule is CS(=O)(=O)C(N)c1cncc(-c2cc3ccc(Cl)cc3n2C(=O)O)c1. The molecule has 3 aromatic rings. The Bertz CT molecular complexity index is 1090. The topological polar surface area (TPSA) is 115 Å². The first-order valence-corrected chi connectivity index (χ1v) is 9.46. The van der Waals surface area contributed by atoms with E-state index in [0.29, 0.717) is 27.2 Å². The fraction of sp³-hybridized carbons (Fsp3) is 0.125. The third kappa shape index (κ3) is 3.23. The number of nitrogens with zero attached hydrogens (tertiary/aromatic N) is 2. The Hall–Kier alpha value is -2.42. The number of aromatic nitrogens is 2. The second-order valence-electron chi connectivity index (χ2n) is 5.61. The van der Waals surface area contributed by atoms with Crippen molar-refractivity contribution in [2.45, 2.75) is 5.37 Å². The lowest BCUT2D eigenvalue weighted by Gasteiger charge is -2.11. The van der Waals surface area contributed by atoms with Gasteiger partial charge in [0.25, 0.3) is 0 Å². The number of carboxylic acid groups (broad SMARTS) is 1. The van der Waals surface area contributed by atoms with E-state index in [1.165, 1.54) is 18.5 Å². The Morgan fingerprint density at radius 3 is 2.64 bits per heavy atom. The molecule has 0 saturated heterocycles. The maximum atomic E-state index is 11.7. The van der Waals surface area contributed by atoms with Crippen molar-refractivity contribution in [2.24, 2.45) is 5.73 Å². The summed E-state index contributed by atoms with van der Waals surface area (Å²) in [5.74, 6) is 0. The van der Waals surface area contributed by atoms with E-state index in [9.17, 15) is 18.3 Å². The lowest BCUT2D eigenvalue weighted by Crippen LogP contribution is -2.20. The lowest BCUT2D eigenvalue weighted by atomic mass is 10.1. The van der Waals surface area contributed by atoms with Crippen LogP contribution in [0.3, 0.4) is 0 Å². The maximum absolute atomic E-state index is 11.7. The summed E-state index contributed by atoms with van der Waals surface area (Å²) < 4.78 is 24.4. The van der Waals surface area contributed by atoms with Gasteiger partial charge in [0.1, 0.15) is 5.37 Å². The van der Waals surface area contributed by atoms with Crippen LogP contribution in [0.15, 0.2) is 42.7 Å². The number of benzene rings is 1. The van der Waals surface area contributed by atoms with Crippen LogP contribution in [0.1, 0.15) is 10.9 Å². The van der Waals surface area contributed by atoms with Gasteiger partial charge in [-0.1, -0.05) is 17.7 Å². The van der Waals surface area contributed by atoms with Gasteiger partial charge in [-0.25, -0.2) is 17.8 Å². The van der Waals surface area contributed by atoms with E-state index in [1.807, 2.05) is 0 Å². The summed E-state index contributed by atoms with van der Waals surface area (Å²) in [7, 11) is -3.51. The summed E-state index contributed by atoms with van der Waals surface area (Å²) in [6.07, 6.45) is 2.64. The molecule has 1 atom stereocenters. The first kappa shape index (κ1) is 17.4. The van der Waals surface area contributed by atoms with Crippen LogP contribution in [0.25, 0.3) is 22.2 Å². The highest BCUT2D eigenvalue weighted by molar-refractivity contribution is 7.90. The molecule has 0 fully saturated rings. The first-order valence-electron chi connectivity index (χ1n) is 7.12. The quantitative estimate of drug-likeness (QED) is 0.722. The highest BCUT2D eigenvalue weighted by Crippen LogP contribution is 2.31. The largest absolute Gasteiger partial charge is 0.464 e. The highest BCUT2D eigenvalue weighted by atomic mass is 35.5. The Balaban J connectivity index is 2.23. The number of nitrogens with two attached hydrogens (primary N) is 1. The van der Waals surface area contributed by atoms with Gasteiger partial charge in [-0.05, 0) is 24.3 Å². The summed E-state index contributed by atoms with van der Waals surface area (Å²) in [5, 5.41) is 9.44. The van der Waals surface area contributed by atoms with Gasteiger partial charge in [-0.2, -0.15) is 0 Å². The van der Waals surface area contributed by atoms with Gasteiger partial charge in [0.05, 0.1) is 11.2 Å². The molecule has 1 unspecified atom stereocenters. The highest BCUT2D eigenvalue weighted by Gasteiger charge is 2.21. The number of rotatable bonds is 3. The summed E-state index contributed by atoms with van der Waals surface area (Å²) in [6, 6.07) is 8.11. The van der Waals surface area contributed by atoms with E-state index >= 15 is 0 Å². The predicted molar refractivity (Wildman–Crippen MR) is 95.4 cm³/mol. The average Bonchev–Trinajstić information content (AvgIpc) is 2.92. The fourth-order valence-electron chi connectivity index (χ4n) is 2.59. The molecule has 1 aromatic carbocycles. The zero-order valence-electron chi connectivity index (χ0n) is 13.0. The molecule has 0 saturated carbocycles. The van der Waals surface area contributed by atoms with E-state index in [1.54, 1.807) is 24.3 Å². The number of fused-ring (bicyclic) bond motifs is 1. The maximum Gasteiger partial charge on any atom is 0.416 e. The van der Waals surface area contributed by atoms with Gasteiger partial charge in [0, 0.05) is 40.2 Å². The third-order valence-electron chi connectivity index (χ3n) is 3.80. The van der Waals surface area contributed by atoms with Crippen LogP contribution in [0.5, 0.6) is 0 Å². The number of pyridine rings is 1. The fourth-order valence-corrected chi connectivity index (χ4v) is 3.38. The molecule has 130 valence electrons. The minimum atomic E-state index is -3.51. The summed E-state index contributed by atoms with van der Waals surface area (Å²) in [5.41, 5.74) is 7.23. The van der Waals surface area contributed by atoms with Gasteiger partial charge < -0.3 is 10.8 Å². The average molecular weight is 380 g/mol. The Labute approximate surface area is 148 Å². The van der Waals surface area contributed by atoms with E-state index in [4.69, 9.17) is 17.3 Å². The van der Waals surface area contributed by atoms with Gasteiger partial charge in [0.2, 0.25) is 0 Å². The molecular weight excluding hydrogens is 366 g/mol. The molecule has 3 rings (SSSR count). The van der Waals surface area contributed by atoms with Crippen molar-refractivity contribution in [1.29, 1.82) is 0 Å². The number of halogens is 1. The number of carbonyl (C=O) groups is 1. The van der Waals surface area contributed by atoms with E-state index in [0.717, 1.165) is 10.8 Å². The van der Waals surface area contributed by atoms with E-state index in [-0.39, 0.29) is 5.56 Å². The molecule has 0 aliphatic rings. The van der Waals surface area contributed by atoms with Crippen LogP contribution >= 0.6 is 11.6 Å². The van der Waals surface area contributed by atoms with Gasteiger partial charge in [-0.15, -0.1) is 0 Å². The molecule has 25 heavy (non-hydrogen) atoms. The number of hydrogen-bond acceptors (Lipinski definition) is 5. The molecule has 0 aliphatic heterocycles. The van der Waals surface area contributed by atoms with Crippen molar-refractivity contribution in [1.82, 2.24) is 9.55 Å². The number of hydrogen-bond donors (Lipinski definition) is 2. The van der Waals surface area contributed by atoms with E-state index in [2.05, 4.69) is 4.98 Å². The van der Waals surface area contributed by atoms with Crippen LogP contribution < -0.4 is 5.73 Å². The second-order valence-corrected chi connectivity index (χ2v) is 8.21. The standard InChI is InChI=1S/C16H14ClN3O4S/c1-25(23,24)15(18)11-4-10(7-19-8-11)13-5-9-2-3-12(17)6-14(9)20(13)16(21)22/h2-8,15H,18H2,1H3,(H,21,22). The van der Waals surface area contributed by atoms with Crippen molar-refractivity contribution in [3.05, 3.63) is 53.3 Å². The second kappa shape index (κ2) is 6.14. The summed E-state index contributed by atoms with van der Waals surface area (Å²) >= 11 is 5.97. The Kier molecular flexibility index (Phi) is 4.28. The van der Waals surface area contributed by atoms with Crippen molar-refractivity contribution in [2.75, 3.05) is 6.26 Å². The number of sulfone groups is 1. The van der Waals surface area contributed by atoms with Crippen LogP contribution in [-0.4, -0.2) is 35.4 Å². The molecule has 2 aromatic heterocycles. The van der Waals surface area contributed by atoms with Gasteiger partial charge in [-0.3, -0.25) is 4.98 Å². The van der Waals surface area contributed by atoms with Crippen LogP contribution in [0.2, 0.25) is 5.02 Å². The molecule has 0 radical (unpaired) electrons. The van der Waals surface area contributed by atoms with Crippen molar-refractivity contribution in [3.8, 4) is 11.3 Å². The Morgan fingerprint density at radius 2 is 2.00 bits per heavy atom. The normalized spacial score (nSPS) is 13.1. The Morgan fingerprint density at radius 1 is 1.28 bits per heavy atom. The molecule has 0 spiro atoms. The lowest BCUT2D eigenvalue weighted by molar-refractivity contribution is 0.198. The molecule has 0 aliphatic carbocycles. The minimum Gasteiger partial charge on any atom is -0.464 e. The smallest absolute Gasteiger partial charge is 0.416 e. The van der Waals surface area contributed by atoms with Gasteiger partial charge >= 0.3 is 6.09 Å². The van der Waals surface area contributed by atoms with Crippen molar-refractivity contribution < 1.29 is 18.3 Å². The summed E-state index contributed by atoms with van der Waals surface area (Å²) in [4.78, 5) is 15.7. The van der Waals surface area contributed by atoms with Crippen LogP contribution in [0, 0.1) is 0 Å². The van der Waals surface area contributed by atoms with Crippen LogP contribution in [0.4, 0.5) is 4.79 Å². The molecule has 0 bridgehead atoms. The molecular formula is C16H14ClN3O4S. The molecule has 0 amide bonds. The van der Waals surface area contributed by atoms with Crippen molar-refractivity contribution >= 4 is 38.4 Å².